The number of nitrogens with one attached hydrogen (secondary N) is 1. The minimum atomic E-state index is -0.371. The molecule has 0 radical (unpaired) electrons. The van der Waals surface area contributed by atoms with E-state index in [1.54, 1.807) is 25.4 Å². The van der Waals surface area contributed by atoms with Gasteiger partial charge in [-0.05, 0) is 36.5 Å². The van der Waals surface area contributed by atoms with Crippen LogP contribution < -0.4 is 9.47 Å². The SMILES string of the molecule is COc1ccc(OC(=O)c2c[nH]c3c2CCCc2ccccc2-3)cn1. The minimum Gasteiger partial charge on any atom is -0.481 e. The second-order valence-electron chi connectivity index (χ2n) is 5.99. The molecule has 4 rings (SSSR count). The van der Waals surface area contributed by atoms with Gasteiger partial charge in [0.05, 0.1) is 18.9 Å². The van der Waals surface area contributed by atoms with Crippen molar-refractivity contribution in [2.24, 2.45) is 0 Å². The first-order valence-electron chi connectivity index (χ1n) is 8.27. The minimum absolute atomic E-state index is 0.371. The number of nitrogens with zero attached hydrogens (tertiary/aromatic N) is 1. The van der Waals surface area contributed by atoms with Gasteiger partial charge in [0.15, 0.2) is 0 Å². The van der Waals surface area contributed by atoms with Crippen molar-refractivity contribution in [1.29, 1.82) is 0 Å². The molecule has 2 aromatic heterocycles. The maximum absolute atomic E-state index is 12.6. The third kappa shape index (κ3) is 2.89. The highest BCUT2D eigenvalue weighted by Gasteiger charge is 2.23. The number of aromatic amines is 1. The number of ether oxygens (including phenoxy) is 2. The lowest BCUT2D eigenvalue weighted by Crippen LogP contribution is -2.10. The summed E-state index contributed by atoms with van der Waals surface area (Å²) in [5.74, 6) is 0.505. The zero-order valence-corrected chi connectivity index (χ0v) is 13.9. The molecule has 1 aliphatic carbocycles. The van der Waals surface area contributed by atoms with Crippen LogP contribution in [0, 0.1) is 0 Å². The maximum Gasteiger partial charge on any atom is 0.345 e. The van der Waals surface area contributed by atoms with Gasteiger partial charge in [-0.15, -0.1) is 0 Å². The summed E-state index contributed by atoms with van der Waals surface area (Å²) in [6.07, 6.45) is 6.09. The molecule has 5 heteroatoms. The first kappa shape index (κ1) is 15.4. The van der Waals surface area contributed by atoms with Gasteiger partial charge >= 0.3 is 5.97 Å². The molecule has 2 heterocycles. The highest BCUT2D eigenvalue weighted by molar-refractivity contribution is 5.95. The predicted molar refractivity (Wildman–Crippen MR) is 94.0 cm³/mol. The Kier molecular flexibility index (Phi) is 3.98. The number of H-pyrrole nitrogens is 1. The second-order valence-corrected chi connectivity index (χ2v) is 5.99. The highest BCUT2D eigenvalue weighted by atomic mass is 16.5. The van der Waals surface area contributed by atoms with E-state index in [1.807, 2.05) is 6.07 Å². The number of pyridine rings is 1. The Balaban J connectivity index is 1.64. The van der Waals surface area contributed by atoms with Gasteiger partial charge in [-0.2, -0.15) is 0 Å². The summed E-state index contributed by atoms with van der Waals surface area (Å²) in [6.45, 7) is 0. The Hall–Kier alpha value is -3.08. The van der Waals surface area contributed by atoms with Crippen LogP contribution in [-0.2, 0) is 12.8 Å². The van der Waals surface area contributed by atoms with E-state index in [-0.39, 0.29) is 5.97 Å². The summed E-state index contributed by atoms with van der Waals surface area (Å²) in [5, 5.41) is 0. The third-order valence-electron chi connectivity index (χ3n) is 4.50. The Bertz CT molecular complexity index is 913. The number of hydrogen-bond donors (Lipinski definition) is 1. The van der Waals surface area contributed by atoms with Crippen molar-refractivity contribution in [2.45, 2.75) is 19.3 Å². The van der Waals surface area contributed by atoms with Crippen molar-refractivity contribution in [2.75, 3.05) is 7.11 Å². The van der Waals surface area contributed by atoms with Gasteiger partial charge in [0.2, 0.25) is 5.88 Å². The van der Waals surface area contributed by atoms with Crippen molar-refractivity contribution in [1.82, 2.24) is 9.97 Å². The third-order valence-corrected chi connectivity index (χ3v) is 4.50. The first-order chi connectivity index (χ1) is 12.3. The zero-order chi connectivity index (χ0) is 17.2. The Morgan fingerprint density at radius 3 is 2.84 bits per heavy atom. The zero-order valence-electron chi connectivity index (χ0n) is 13.9. The van der Waals surface area contributed by atoms with E-state index in [1.165, 1.54) is 17.3 Å². The van der Waals surface area contributed by atoms with Gasteiger partial charge in [0, 0.05) is 23.5 Å². The molecule has 1 aliphatic rings. The van der Waals surface area contributed by atoms with Crippen LogP contribution in [0.5, 0.6) is 11.6 Å². The van der Waals surface area contributed by atoms with E-state index in [0.717, 1.165) is 30.5 Å². The molecule has 0 saturated heterocycles. The van der Waals surface area contributed by atoms with Gasteiger partial charge in [-0.25, -0.2) is 9.78 Å². The summed E-state index contributed by atoms with van der Waals surface area (Å²) in [7, 11) is 1.54. The fraction of sp³-hybridized carbons (Fsp3) is 0.200. The van der Waals surface area contributed by atoms with Crippen LogP contribution in [0.25, 0.3) is 11.3 Å². The molecule has 0 atom stereocenters. The largest absolute Gasteiger partial charge is 0.481 e. The molecule has 0 amide bonds. The number of benzene rings is 1. The van der Waals surface area contributed by atoms with E-state index >= 15 is 0 Å². The van der Waals surface area contributed by atoms with E-state index in [4.69, 9.17) is 9.47 Å². The van der Waals surface area contributed by atoms with Crippen LogP contribution in [0.3, 0.4) is 0 Å². The number of methoxy groups -OCH3 is 1. The predicted octanol–water partition coefficient (Wildman–Crippen LogP) is 3.79. The number of aromatic nitrogens is 2. The Morgan fingerprint density at radius 1 is 1.16 bits per heavy atom. The maximum atomic E-state index is 12.6. The lowest BCUT2D eigenvalue weighted by molar-refractivity contribution is 0.0733. The van der Waals surface area contributed by atoms with Crippen molar-refractivity contribution in [3.63, 3.8) is 0 Å². The molecule has 0 fully saturated rings. The first-order valence-corrected chi connectivity index (χ1v) is 8.27. The summed E-state index contributed by atoms with van der Waals surface area (Å²) < 4.78 is 10.5. The topological polar surface area (TPSA) is 64.2 Å². The summed E-state index contributed by atoms with van der Waals surface area (Å²) in [6, 6.07) is 11.7. The number of rotatable bonds is 3. The summed E-state index contributed by atoms with van der Waals surface area (Å²) in [5.41, 5.74) is 5.11. The van der Waals surface area contributed by atoms with Crippen molar-refractivity contribution >= 4 is 5.97 Å². The van der Waals surface area contributed by atoms with E-state index in [9.17, 15) is 4.79 Å². The van der Waals surface area contributed by atoms with E-state index in [0.29, 0.717) is 17.2 Å². The number of carbonyl (C=O) groups excluding carboxylic acids is 1. The fourth-order valence-corrected chi connectivity index (χ4v) is 3.28. The molecule has 0 spiro atoms. The highest BCUT2D eigenvalue weighted by Crippen LogP contribution is 2.33. The number of esters is 1. The Labute approximate surface area is 145 Å². The van der Waals surface area contributed by atoms with Gasteiger partial charge < -0.3 is 14.5 Å². The average Bonchev–Trinajstić information content (AvgIpc) is 2.98. The standard InChI is InChI=1S/C20H18N2O3/c1-24-18-10-9-14(11-21-18)25-20(23)17-12-22-19-15-7-3-2-5-13(15)6-4-8-16(17)19/h2-3,5,7,9-12,22H,4,6,8H2,1H3. The molecule has 0 aliphatic heterocycles. The van der Waals surface area contributed by atoms with Crippen LogP contribution in [0.4, 0.5) is 0 Å². The Morgan fingerprint density at radius 2 is 2.04 bits per heavy atom. The van der Waals surface area contributed by atoms with Gasteiger partial charge in [-0.3, -0.25) is 0 Å². The summed E-state index contributed by atoms with van der Waals surface area (Å²) in [4.78, 5) is 20.0. The normalized spacial score (nSPS) is 12.7. The molecule has 1 aromatic carbocycles. The van der Waals surface area contributed by atoms with Crippen LogP contribution >= 0.6 is 0 Å². The smallest absolute Gasteiger partial charge is 0.345 e. The molecule has 1 N–H and O–H groups in total. The van der Waals surface area contributed by atoms with Crippen molar-refractivity contribution < 1.29 is 14.3 Å². The van der Waals surface area contributed by atoms with Gasteiger partial charge in [0.1, 0.15) is 5.75 Å². The second kappa shape index (κ2) is 6.43. The van der Waals surface area contributed by atoms with Crippen molar-refractivity contribution in [3.05, 3.63) is 65.5 Å². The quantitative estimate of drug-likeness (QED) is 0.740. The molecular weight excluding hydrogens is 316 g/mol. The summed E-state index contributed by atoms with van der Waals surface area (Å²) >= 11 is 0. The molecular formula is C20H18N2O3. The molecule has 0 unspecified atom stereocenters. The number of aryl methyl sites for hydroxylation is 1. The molecule has 0 bridgehead atoms. The van der Waals surface area contributed by atoms with Crippen LogP contribution in [-0.4, -0.2) is 23.0 Å². The van der Waals surface area contributed by atoms with E-state index in [2.05, 4.69) is 28.2 Å². The lowest BCUT2D eigenvalue weighted by Gasteiger charge is -2.06. The molecule has 126 valence electrons. The number of carbonyl (C=O) groups is 1. The molecule has 3 aromatic rings. The van der Waals surface area contributed by atoms with Crippen LogP contribution in [0.2, 0.25) is 0 Å². The monoisotopic (exact) mass is 334 g/mol. The van der Waals surface area contributed by atoms with Crippen LogP contribution in [0.1, 0.15) is 27.9 Å². The average molecular weight is 334 g/mol. The number of hydrogen-bond acceptors (Lipinski definition) is 4. The lowest BCUT2D eigenvalue weighted by atomic mass is 10.0. The van der Waals surface area contributed by atoms with Crippen LogP contribution in [0.15, 0.2) is 48.8 Å². The molecule has 0 saturated carbocycles. The fourth-order valence-electron chi connectivity index (χ4n) is 3.28. The number of fused-ring (bicyclic) bond motifs is 3. The molecule has 5 nitrogen and oxygen atoms in total. The van der Waals surface area contributed by atoms with Gasteiger partial charge in [-0.1, -0.05) is 24.3 Å². The van der Waals surface area contributed by atoms with E-state index < -0.39 is 0 Å². The van der Waals surface area contributed by atoms with Crippen molar-refractivity contribution in [3.8, 4) is 22.9 Å². The van der Waals surface area contributed by atoms with Gasteiger partial charge in [0.25, 0.3) is 0 Å². The molecule has 25 heavy (non-hydrogen) atoms.